The first-order valence-electron chi connectivity index (χ1n) is 7.90. The molecule has 0 aliphatic carbocycles. The quantitative estimate of drug-likeness (QED) is 0.846. The summed E-state index contributed by atoms with van der Waals surface area (Å²) in [7, 11) is 0. The van der Waals surface area contributed by atoms with Crippen molar-refractivity contribution in [2.45, 2.75) is 23.8 Å². The molecule has 132 valence electrons. The molecule has 25 heavy (non-hydrogen) atoms. The van der Waals surface area contributed by atoms with Crippen LogP contribution < -0.4 is 0 Å². The molecular weight excluding hydrogens is 345 g/mol. The number of aromatic carboxylic acids is 1. The van der Waals surface area contributed by atoms with E-state index in [9.17, 15) is 14.0 Å². The van der Waals surface area contributed by atoms with Crippen LogP contribution in [-0.4, -0.2) is 51.0 Å². The molecule has 0 saturated carbocycles. The third kappa shape index (κ3) is 3.68. The summed E-state index contributed by atoms with van der Waals surface area (Å²) in [6, 6.07) is 4.49. The van der Waals surface area contributed by atoms with E-state index < -0.39 is 5.97 Å². The summed E-state index contributed by atoms with van der Waals surface area (Å²) < 4.78 is 15.2. The molecular formula is C17H18FN3O3S. The predicted molar refractivity (Wildman–Crippen MR) is 91.5 cm³/mol. The van der Waals surface area contributed by atoms with Crippen molar-refractivity contribution in [3.8, 4) is 0 Å². The van der Waals surface area contributed by atoms with Crippen LogP contribution in [0.15, 0.2) is 35.5 Å². The van der Waals surface area contributed by atoms with Gasteiger partial charge in [-0.15, -0.1) is 11.8 Å². The van der Waals surface area contributed by atoms with Crippen LogP contribution in [0.2, 0.25) is 0 Å². The van der Waals surface area contributed by atoms with Gasteiger partial charge in [0.05, 0.1) is 17.8 Å². The Bertz CT molecular complexity index is 800. The highest BCUT2D eigenvalue weighted by molar-refractivity contribution is 7.98. The van der Waals surface area contributed by atoms with Gasteiger partial charge in [-0.1, -0.05) is 0 Å². The van der Waals surface area contributed by atoms with Crippen molar-refractivity contribution in [1.82, 2.24) is 14.7 Å². The summed E-state index contributed by atoms with van der Waals surface area (Å²) in [5, 5.41) is 13.1. The molecule has 1 aromatic carbocycles. The van der Waals surface area contributed by atoms with E-state index in [4.69, 9.17) is 5.11 Å². The molecule has 1 aromatic heterocycles. The number of nitrogens with zero attached hydrogens (tertiary/aromatic N) is 3. The molecule has 6 nitrogen and oxygen atoms in total. The molecule has 2 aromatic rings. The first-order valence-corrected chi connectivity index (χ1v) is 9.12. The number of thioether (sulfide) groups is 1. The molecule has 2 heterocycles. The van der Waals surface area contributed by atoms with Gasteiger partial charge in [-0.25, -0.2) is 9.18 Å². The van der Waals surface area contributed by atoms with Gasteiger partial charge in [0.1, 0.15) is 5.82 Å². The van der Waals surface area contributed by atoms with Crippen LogP contribution >= 0.6 is 11.8 Å². The van der Waals surface area contributed by atoms with Crippen molar-refractivity contribution in [3.63, 3.8) is 0 Å². The highest BCUT2D eigenvalue weighted by atomic mass is 32.2. The summed E-state index contributed by atoms with van der Waals surface area (Å²) in [6.45, 7) is 1.11. The van der Waals surface area contributed by atoms with E-state index in [0.29, 0.717) is 36.4 Å². The number of likely N-dealkylation sites (tertiary alicyclic amines) is 1. The lowest BCUT2D eigenvalue weighted by Gasteiger charge is -2.32. The Balaban J connectivity index is 1.65. The highest BCUT2D eigenvalue weighted by Crippen LogP contribution is 2.25. The fourth-order valence-corrected chi connectivity index (χ4v) is 3.46. The number of carboxylic acid groups (broad SMARTS) is 1. The maximum absolute atomic E-state index is 13.6. The fourth-order valence-electron chi connectivity index (χ4n) is 2.96. The Kier molecular flexibility index (Phi) is 5.08. The van der Waals surface area contributed by atoms with Gasteiger partial charge in [0.15, 0.2) is 0 Å². The average molecular weight is 363 g/mol. The van der Waals surface area contributed by atoms with E-state index in [2.05, 4.69) is 5.10 Å². The van der Waals surface area contributed by atoms with E-state index in [1.807, 2.05) is 0 Å². The largest absolute Gasteiger partial charge is 0.478 e. The second kappa shape index (κ2) is 7.26. The lowest BCUT2D eigenvalue weighted by atomic mass is 10.0. The molecule has 1 fully saturated rings. The van der Waals surface area contributed by atoms with Crippen molar-refractivity contribution < 1.29 is 19.1 Å². The Morgan fingerprint density at radius 3 is 2.60 bits per heavy atom. The summed E-state index contributed by atoms with van der Waals surface area (Å²) in [4.78, 5) is 25.7. The van der Waals surface area contributed by atoms with Gasteiger partial charge >= 0.3 is 5.97 Å². The van der Waals surface area contributed by atoms with Crippen molar-refractivity contribution in [1.29, 1.82) is 0 Å². The lowest BCUT2D eigenvalue weighted by Crippen LogP contribution is -2.39. The zero-order valence-corrected chi connectivity index (χ0v) is 14.5. The fraction of sp³-hybridized carbons (Fsp3) is 0.353. The molecule has 1 N–H and O–H groups in total. The number of benzene rings is 1. The van der Waals surface area contributed by atoms with Crippen molar-refractivity contribution >= 4 is 23.6 Å². The monoisotopic (exact) mass is 363 g/mol. The highest BCUT2D eigenvalue weighted by Gasteiger charge is 2.26. The topological polar surface area (TPSA) is 75.4 Å². The number of hydrogen-bond donors (Lipinski definition) is 1. The number of amides is 1. The van der Waals surface area contributed by atoms with Crippen LogP contribution in [0, 0.1) is 5.82 Å². The number of carbonyl (C=O) groups is 2. The summed E-state index contributed by atoms with van der Waals surface area (Å²) in [6.07, 6.45) is 6.03. The number of carboxylic acids is 1. The normalized spacial score (nSPS) is 15.4. The van der Waals surface area contributed by atoms with Crippen LogP contribution in [0.25, 0.3) is 0 Å². The first-order chi connectivity index (χ1) is 12.0. The molecule has 0 radical (unpaired) electrons. The van der Waals surface area contributed by atoms with Crippen LogP contribution in [0.1, 0.15) is 39.6 Å². The van der Waals surface area contributed by atoms with Crippen molar-refractivity contribution in [2.24, 2.45) is 0 Å². The molecule has 0 unspecified atom stereocenters. The summed E-state index contributed by atoms with van der Waals surface area (Å²) in [5.74, 6) is -1.43. The van der Waals surface area contributed by atoms with Gasteiger partial charge in [-0.2, -0.15) is 5.10 Å². The lowest BCUT2D eigenvalue weighted by molar-refractivity contribution is 0.0688. The Hall–Kier alpha value is -2.35. The molecule has 1 saturated heterocycles. The molecule has 1 aliphatic heterocycles. The third-order valence-electron chi connectivity index (χ3n) is 4.37. The zero-order chi connectivity index (χ0) is 18.0. The maximum atomic E-state index is 13.6. The molecule has 1 amide bonds. The van der Waals surface area contributed by atoms with Gasteiger partial charge in [-0.3, -0.25) is 9.48 Å². The van der Waals surface area contributed by atoms with Crippen LogP contribution in [0.3, 0.4) is 0 Å². The van der Waals surface area contributed by atoms with Gasteiger partial charge in [0.25, 0.3) is 5.91 Å². The van der Waals surface area contributed by atoms with Crippen molar-refractivity contribution in [2.75, 3.05) is 19.3 Å². The number of aromatic nitrogens is 2. The van der Waals surface area contributed by atoms with Gasteiger partial charge in [-0.05, 0) is 37.3 Å². The minimum Gasteiger partial charge on any atom is -0.478 e. The molecule has 1 aliphatic rings. The Labute approximate surface area is 148 Å². The maximum Gasteiger partial charge on any atom is 0.338 e. The van der Waals surface area contributed by atoms with Crippen LogP contribution in [0.5, 0.6) is 0 Å². The van der Waals surface area contributed by atoms with E-state index in [0.717, 1.165) is 0 Å². The SMILES string of the molecule is CSc1cc(C(=O)N2CCC(n3cc(C(=O)O)cn3)CC2)ccc1F. The summed E-state index contributed by atoms with van der Waals surface area (Å²) in [5.41, 5.74) is 0.644. The second-order valence-corrected chi connectivity index (χ2v) is 6.73. The smallest absolute Gasteiger partial charge is 0.338 e. The van der Waals surface area contributed by atoms with E-state index >= 15 is 0 Å². The van der Waals surface area contributed by atoms with Gasteiger partial charge < -0.3 is 10.0 Å². The molecule has 8 heteroatoms. The first kappa shape index (κ1) is 17.5. The standard InChI is InChI=1S/C17H18FN3O3S/c1-25-15-8-11(2-3-14(15)18)16(22)20-6-4-13(5-7-20)21-10-12(9-19-21)17(23)24/h2-3,8-10,13H,4-7H2,1H3,(H,23,24). The Morgan fingerprint density at radius 2 is 2.00 bits per heavy atom. The van der Waals surface area contributed by atoms with Crippen molar-refractivity contribution in [3.05, 3.63) is 47.5 Å². The van der Waals surface area contributed by atoms with Gasteiger partial charge in [0.2, 0.25) is 0 Å². The number of halogens is 1. The number of rotatable bonds is 4. The van der Waals surface area contributed by atoms with E-state index in [1.54, 1.807) is 21.9 Å². The Morgan fingerprint density at radius 1 is 1.28 bits per heavy atom. The number of piperidine rings is 1. The van der Waals surface area contributed by atoms with Gasteiger partial charge in [0, 0.05) is 29.7 Å². The minimum absolute atomic E-state index is 0.0760. The molecule has 0 spiro atoms. The minimum atomic E-state index is -1.00. The number of hydrogen-bond acceptors (Lipinski definition) is 4. The zero-order valence-electron chi connectivity index (χ0n) is 13.7. The van der Waals surface area contributed by atoms with Crippen LogP contribution in [0.4, 0.5) is 4.39 Å². The molecule has 3 rings (SSSR count). The molecule has 0 atom stereocenters. The van der Waals surface area contributed by atoms with E-state index in [-0.39, 0.29) is 23.3 Å². The predicted octanol–water partition coefficient (Wildman–Crippen LogP) is 2.92. The van der Waals surface area contributed by atoms with E-state index in [1.165, 1.54) is 36.3 Å². The number of carbonyl (C=O) groups excluding carboxylic acids is 1. The molecule has 0 bridgehead atoms. The average Bonchev–Trinajstić information content (AvgIpc) is 3.12. The van der Waals surface area contributed by atoms with Crippen LogP contribution in [-0.2, 0) is 0 Å². The second-order valence-electron chi connectivity index (χ2n) is 5.89. The third-order valence-corrected chi connectivity index (χ3v) is 5.13. The summed E-state index contributed by atoms with van der Waals surface area (Å²) >= 11 is 1.27.